The molecule has 3 N–H and O–H groups in total. The van der Waals surface area contributed by atoms with Gasteiger partial charge in [-0.1, -0.05) is 11.8 Å². The molecule has 0 radical (unpaired) electrons. The van der Waals surface area contributed by atoms with Crippen molar-refractivity contribution in [3.05, 3.63) is 42.0 Å². The van der Waals surface area contributed by atoms with Crippen molar-refractivity contribution in [2.45, 2.75) is 18.5 Å². The number of carbonyl (C=O) groups is 1. The van der Waals surface area contributed by atoms with Crippen LogP contribution in [0.15, 0.2) is 35.6 Å². The molecule has 2 rings (SSSR count). The molecule has 5 nitrogen and oxygen atoms in total. The van der Waals surface area contributed by atoms with E-state index >= 15 is 0 Å². The first kappa shape index (κ1) is 15.2. The number of aromatic nitrogens is 2. The summed E-state index contributed by atoms with van der Waals surface area (Å²) in [7, 11) is 0. The number of anilines is 2. The highest BCUT2D eigenvalue weighted by atomic mass is 32.2. The van der Waals surface area contributed by atoms with Crippen molar-refractivity contribution in [2.24, 2.45) is 0 Å². The van der Waals surface area contributed by atoms with E-state index in [9.17, 15) is 9.18 Å². The van der Waals surface area contributed by atoms with Gasteiger partial charge < -0.3 is 11.1 Å². The minimum absolute atomic E-state index is 0.187. The Morgan fingerprint density at radius 3 is 2.95 bits per heavy atom. The van der Waals surface area contributed by atoms with Gasteiger partial charge in [0, 0.05) is 24.1 Å². The van der Waals surface area contributed by atoms with Gasteiger partial charge in [-0.2, -0.15) is 0 Å². The second kappa shape index (κ2) is 7.03. The molecular weight excluding hydrogens is 291 g/mol. The van der Waals surface area contributed by atoms with E-state index in [1.807, 2.05) is 13.0 Å². The molecule has 21 heavy (non-hydrogen) atoms. The lowest BCUT2D eigenvalue weighted by molar-refractivity contribution is -0.115. The van der Waals surface area contributed by atoms with Crippen LogP contribution >= 0.6 is 11.8 Å². The molecule has 1 aromatic heterocycles. The molecule has 0 fully saturated rings. The zero-order chi connectivity index (χ0) is 15.2. The third-order valence-corrected chi connectivity index (χ3v) is 3.48. The number of hydrogen-bond donors (Lipinski definition) is 2. The van der Waals surface area contributed by atoms with Crippen LogP contribution in [0.5, 0.6) is 0 Å². The Morgan fingerprint density at radius 1 is 1.43 bits per heavy atom. The minimum atomic E-state index is -0.433. The molecule has 0 unspecified atom stereocenters. The molecule has 0 saturated carbocycles. The highest BCUT2D eigenvalue weighted by Gasteiger charge is 2.07. The Hall–Kier alpha value is -2.15. The molecule has 0 saturated heterocycles. The summed E-state index contributed by atoms with van der Waals surface area (Å²) in [6.45, 7) is 1.88. The summed E-state index contributed by atoms with van der Waals surface area (Å²) in [5, 5.41) is 3.29. The van der Waals surface area contributed by atoms with Crippen LogP contribution < -0.4 is 11.1 Å². The van der Waals surface area contributed by atoms with Crippen LogP contribution in [0.2, 0.25) is 0 Å². The van der Waals surface area contributed by atoms with Gasteiger partial charge in [0.25, 0.3) is 0 Å². The number of nitrogens with one attached hydrogen (secondary N) is 1. The van der Waals surface area contributed by atoms with Crippen molar-refractivity contribution in [3.8, 4) is 0 Å². The largest absolute Gasteiger partial charge is 0.397 e. The Labute approximate surface area is 126 Å². The predicted molar refractivity (Wildman–Crippen MR) is 81.6 cm³/mol. The van der Waals surface area contributed by atoms with Crippen LogP contribution in [-0.4, -0.2) is 21.6 Å². The summed E-state index contributed by atoms with van der Waals surface area (Å²) < 4.78 is 12.9. The number of nitrogens with two attached hydrogens (primary N) is 1. The smallest absolute Gasteiger partial charge is 0.225 e. The highest BCUT2D eigenvalue weighted by molar-refractivity contribution is 7.99. The van der Waals surface area contributed by atoms with E-state index in [0.717, 1.165) is 5.69 Å². The van der Waals surface area contributed by atoms with E-state index in [4.69, 9.17) is 5.73 Å². The predicted octanol–water partition coefficient (Wildman–Crippen LogP) is 2.63. The van der Waals surface area contributed by atoms with E-state index in [0.29, 0.717) is 23.0 Å². The van der Waals surface area contributed by atoms with Gasteiger partial charge in [0.1, 0.15) is 5.82 Å². The molecule has 0 aliphatic heterocycles. The number of aryl methyl sites for hydroxylation is 1. The molecule has 1 heterocycles. The number of carbonyl (C=O) groups excluding carboxylic acids is 1. The number of benzene rings is 1. The normalized spacial score (nSPS) is 10.4. The molecular formula is C14H15FN4OS. The molecule has 7 heteroatoms. The fourth-order valence-corrected chi connectivity index (χ4v) is 2.40. The van der Waals surface area contributed by atoms with Crippen molar-refractivity contribution in [1.29, 1.82) is 0 Å². The van der Waals surface area contributed by atoms with Gasteiger partial charge in [-0.25, -0.2) is 14.4 Å². The quantitative estimate of drug-likeness (QED) is 0.504. The van der Waals surface area contributed by atoms with E-state index in [1.54, 1.807) is 6.20 Å². The maximum absolute atomic E-state index is 12.9. The third kappa shape index (κ3) is 4.71. The zero-order valence-corrected chi connectivity index (χ0v) is 12.3. The third-order valence-electron chi connectivity index (χ3n) is 2.62. The first-order chi connectivity index (χ1) is 10.0. The molecule has 0 aliphatic rings. The number of rotatable bonds is 5. The van der Waals surface area contributed by atoms with Gasteiger partial charge in [0.2, 0.25) is 5.91 Å². The highest BCUT2D eigenvalue weighted by Crippen LogP contribution is 2.20. The maximum atomic E-state index is 12.9. The summed E-state index contributed by atoms with van der Waals surface area (Å²) in [4.78, 5) is 20.1. The lowest BCUT2D eigenvalue weighted by atomic mass is 10.2. The first-order valence-electron chi connectivity index (χ1n) is 6.32. The van der Waals surface area contributed by atoms with Gasteiger partial charge in [-0.3, -0.25) is 4.79 Å². The minimum Gasteiger partial charge on any atom is -0.397 e. The van der Waals surface area contributed by atoms with E-state index in [-0.39, 0.29) is 11.6 Å². The summed E-state index contributed by atoms with van der Waals surface area (Å²) in [6.07, 6.45) is 1.97. The second-order valence-corrected chi connectivity index (χ2v) is 5.42. The Bertz CT molecular complexity index is 651. The molecule has 1 aromatic carbocycles. The number of amides is 1. The molecule has 0 bridgehead atoms. The average Bonchev–Trinajstić information content (AvgIpc) is 2.42. The van der Waals surface area contributed by atoms with Crippen molar-refractivity contribution < 1.29 is 9.18 Å². The lowest BCUT2D eigenvalue weighted by Crippen LogP contribution is -2.13. The zero-order valence-electron chi connectivity index (χ0n) is 11.5. The van der Waals surface area contributed by atoms with Crippen LogP contribution in [0.25, 0.3) is 0 Å². The number of thioether (sulfide) groups is 1. The number of hydrogen-bond acceptors (Lipinski definition) is 5. The summed E-state index contributed by atoms with van der Waals surface area (Å²) in [5.74, 6) is -0.0674. The van der Waals surface area contributed by atoms with Gasteiger partial charge in [0.05, 0.1) is 11.4 Å². The van der Waals surface area contributed by atoms with Gasteiger partial charge in [-0.15, -0.1) is 0 Å². The fraction of sp³-hybridized carbons (Fsp3) is 0.214. The van der Waals surface area contributed by atoms with Crippen LogP contribution in [0, 0.1) is 12.7 Å². The number of nitrogen functional groups attached to an aromatic ring is 1. The van der Waals surface area contributed by atoms with E-state index in [2.05, 4.69) is 15.3 Å². The average molecular weight is 306 g/mol. The molecule has 0 aliphatic carbocycles. The van der Waals surface area contributed by atoms with Crippen LogP contribution in [0.4, 0.5) is 15.8 Å². The van der Waals surface area contributed by atoms with Gasteiger partial charge in [-0.05, 0) is 31.2 Å². The molecule has 1 amide bonds. The molecule has 110 valence electrons. The van der Waals surface area contributed by atoms with Crippen LogP contribution in [0.3, 0.4) is 0 Å². The summed E-state index contributed by atoms with van der Waals surface area (Å²) >= 11 is 1.41. The molecule has 0 atom stereocenters. The lowest BCUT2D eigenvalue weighted by Gasteiger charge is -2.07. The molecule has 0 spiro atoms. The Morgan fingerprint density at radius 2 is 2.24 bits per heavy atom. The second-order valence-electron chi connectivity index (χ2n) is 4.36. The standard InChI is InChI=1S/C14H15FN4OS/c1-9-4-6-17-14(18-9)21-7-5-13(20)19-12-3-2-10(15)8-11(12)16/h2-4,6,8H,5,7,16H2,1H3,(H,19,20). The van der Waals surface area contributed by atoms with E-state index < -0.39 is 5.82 Å². The Balaban J connectivity index is 1.82. The van der Waals surface area contributed by atoms with Crippen LogP contribution in [-0.2, 0) is 4.79 Å². The topological polar surface area (TPSA) is 80.9 Å². The van der Waals surface area contributed by atoms with Crippen molar-refractivity contribution in [2.75, 3.05) is 16.8 Å². The summed E-state index contributed by atoms with van der Waals surface area (Å²) in [5.41, 5.74) is 7.13. The maximum Gasteiger partial charge on any atom is 0.225 e. The Kier molecular flexibility index (Phi) is 5.10. The van der Waals surface area contributed by atoms with Crippen molar-refractivity contribution in [1.82, 2.24) is 9.97 Å². The SMILES string of the molecule is Cc1ccnc(SCCC(=O)Nc2ccc(F)cc2N)n1. The van der Waals surface area contributed by atoms with Crippen molar-refractivity contribution in [3.63, 3.8) is 0 Å². The van der Waals surface area contributed by atoms with Crippen LogP contribution in [0.1, 0.15) is 12.1 Å². The van der Waals surface area contributed by atoms with E-state index in [1.165, 1.54) is 30.0 Å². The van der Waals surface area contributed by atoms with Gasteiger partial charge >= 0.3 is 0 Å². The van der Waals surface area contributed by atoms with Gasteiger partial charge in [0.15, 0.2) is 5.16 Å². The number of halogens is 1. The fourth-order valence-electron chi connectivity index (χ4n) is 1.59. The molecule has 2 aromatic rings. The monoisotopic (exact) mass is 306 g/mol. The first-order valence-corrected chi connectivity index (χ1v) is 7.30. The number of nitrogens with zero attached hydrogens (tertiary/aromatic N) is 2. The van der Waals surface area contributed by atoms with Crippen molar-refractivity contribution >= 4 is 29.0 Å². The summed E-state index contributed by atoms with van der Waals surface area (Å²) in [6, 6.07) is 5.68.